The number of amides is 1. The molecule has 1 aromatic heterocycles. The van der Waals surface area contributed by atoms with Crippen molar-refractivity contribution in [2.24, 2.45) is 0 Å². The number of carbonyl (C=O) groups is 1. The van der Waals surface area contributed by atoms with E-state index in [-0.39, 0.29) is 13.2 Å². The Balaban J connectivity index is 1.43. The number of hydrogen-bond acceptors (Lipinski definition) is 4. The van der Waals surface area contributed by atoms with Crippen molar-refractivity contribution in [1.82, 2.24) is 9.88 Å². The van der Waals surface area contributed by atoms with E-state index in [2.05, 4.69) is 28.9 Å². The van der Waals surface area contributed by atoms with E-state index in [0.717, 1.165) is 33.9 Å². The summed E-state index contributed by atoms with van der Waals surface area (Å²) in [6, 6.07) is 23.2. The molecule has 0 saturated heterocycles. The van der Waals surface area contributed by atoms with Gasteiger partial charge in [0.25, 0.3) is 0 Å². The fraction of sp³-hybridized carbons (Fsp3) is 0.240. The van der Waals surface area contributed by atoms with Crippen molar-refractivity contribution in [2.75, 3.05) is 6.54 Å². The number of rotatable bonds is 7. The van der Waals surface area contributed by atoms with Gasteiger partial charge < -0.3 is 24.8 Å². The van der Waals surface area contributed by atoms with Crippen LogP contribution < -0.4 is 5.32 Å². The average Bonchev–Trinajstić information content (AvgIpc) is 3.14. The summed E-state index contributed by atoms with van der Waals surface area (Å²) in [6.45, 7) is 2.96. The molecule has 0 radical (unpaired) electrons. The highest BCUT2D eigenvalue weighted by Crippen LogP contribution is 2.31. The van der Waals surface area contributed by atoms with Crippen molar-refractivity contribution >= 4 is 27.9 Å². The molecule has 0 bridgehead atoms. The second-order valence-electron chi connectivity index (χ2n) is 7.49. The second-order valence-corrected chi connectivity index (χ2v) is 7.49. The first-order valence-corrected chi connectivity index (χ1v) is 10.4. The van der Waals surface area contributed by atoms with Gasteiger partial charge in [0.05, 0.1) is 0 Å². The number of para-hydroxylation sites is 1. The number of aliphatic hydroxyl groups excluding tert-OH is 2. The molecule has 0 fully saturated rings. The van der Waals surface area contributed by atoms with Crippen LogP contribution in [0.5, 0.6) is 0 Å². The molecule has 1 amide bonds. The predicted molar refractivity (Wildman–Crippen MR) is 121 cm³/mol. The summed E-state index contributed by atoms with van der Waals surface area (Å²) in [4.78, 5) is 11.9. The molecular formula is C25H26N2O4. The Hall–Kier alpha value is -3.35. The number of fused-ring (bicyclic) bond motifs is 3. The van der Waals surface area contributed by atoms with Crippen molar-refractivity contribution in [2.45, 2.75) is 32.3 Å². The molecule has 3 N–H and O–H groups in total. The molecular weight excluding hydrogens is 392 g/mol. The van der Waals surface area contributed by atoms with Crippen LogP contribution in [0.15, 0.2) is 72.8 Å². The zero-order valence-corrected chi connectivity index (χ0v) is 17.4. The number of aryl methyl sites for hydroxylation is 1. The monoisotopic (exact) mass is 418 g/mol. The normalized spacial score (nSPS) is 13.3. The number of hydrogen-bond donors (Lipinski definition) is 3. The molecule has 4 aromatic rings. The summed E-state index contributed by atoms with van der Waals surface area (Å²) >= 11 is 0. The molecule has 2 unspecified atom stereocenters. The summed E-state index contributed by atoms with van der Waals surface area (Å²) in [5.41, 5.74) is 3.68. The van der Waals surface area contributed by atoms with Gasteiger partial charge in [-0.05, 0) is 36.2 Å². The van der Waals surface area contributed by atoms with Crippen LogP contribution in [0.3, 0.4) is 0 Å². The number of benzene rings is 3. The van der Waals surface area contributed by atoms with Gasteiger partial charge in [-0.1, -0.05) is 54.6 Å². The maximum absolute atomic E-state index is 11.9. The van der Waals surface area contributed by atoms with Crippen molar-refractivity contribution in [3.05, 3.63) is 83.9 Å². The van der Waals surface area contributed by atoms with Crippen molar-refractivity contribution in [3.63, 3.8) is 0 Å². The molecule has 31 heavy (non-hydrogen) atoms. The van der Waals surface area contributed by atoms with E-state index in [1.165, 1.54) is 0 Å². The first-order valence-electron chi connectivity index (χ1n) is 10.4. The van der Waals surface area contributed by atoms with Crippen LogP contribution in [0.2, 0.25) is 0 Å². The molecule has 2 atom stereocenters. The van der Waals surface area contributed by atoms with Crippen LogP contribution in [-0.4, -0.2) is 33.5 Å². The molecule has 0 aliphatic rings. The van der Waals surface area contributed by atoms with Gasteiger partial charge in [-0.2, -0.15) is 0 Å². The summed E-state index contributed by atoms with van der Waals surface area (Å²) in [5, 5.41) is 25.7. The number of ether oxygens (including phenoxy) is 1. The van der Waals surface area contributed by atoms with Crippen LogP contribution in [0, 0.1) is 0 Å². The number of nitrogens with one attached hydrogen (secondary N) is 1. The summed E-state index contributed by atoms with van der Waals surface area (Å²) in [7, 11) is 0. The average molecular weight is 418 g/mol. The topological polar surface area (TPSA) is 83.7 Å². The van der Waals surface area contributed by atoms with Gasteiger partial charge in [0.15, 0.2) is 0 Å². The number of aliphatic hydroxyl groups is 2. The molecule has 3 aromatic carbocycles. The van der Waals surface area contributed by atoms with E-state index in [4.69, 9.17) is 4.74 Å². The van der Waals surface area contributed by atoms with Crippen LogP contribution in [0.25, 0.3) is 21.8 Å². The quantitative estimate of drug-likeness (QED) is 0.421. The SMILES string of the molecule is CCn1c2ccccc2c2cc(C(O)C(O)CNC(=O)OCc3ccccc3)ccc21. The third kappa shape index (κ3) is 4.40. The zero-order valence-electron chi connectivity index (χ0n) is 17.4. The third-order valence-corrected chi connectivity index (χ3v) is 5.49. The molecule has 0 aliphatic heterocycles. The first kappa shape index (κ1) is 20.9. The zero-order chi connectivity index (χ0) is 21.8. The van der Waals surface area contributed by atoms with Gasteiger partial charge in [-0.3, -0.25) is 0 Å². The van der Waals surface area contributed by atoms with Gasteiger partial charge in [0.2, 0.25) is 0 Å². The number of carbonyl (C=O) groups excluding carboxylic acids is 1. The number of nitrogens with zero attached hydrogens (tertiary/aromatic N) is 1. The molecule has 4 rings (SSSR count). The van der Waals surface area contributed by atoms with Crippen LogP contribution in [0.4, 0.5) is 4.79 Å². The predicted octanol–water partition coefficient (Wildman–Crippen LogP) is 4.14. The Bertz CT molecular complexity index is 1190. The van der Waals surface area contributed by atoms with Gasteiger partial charge in [-0.15, -0.1) is 0 Å². The van der Waals surface area contributed by atoms with E-state index in [1.54, 1.807) is 0 Å². The molecule has 0 aliphatic carbocycles. The molecule has 0 saturated carbocycles. The van der Waals surface area contributed by atoms with E-state index in [0.29, 0.717) is 5.56 Å². The molecule has 6 nitrogen and oxygen atoms in total. The number of alkyl carbamates (subject to hydrolysis) is 1. The van der Waals surface area contributed by atoms with E-state index >= 15 is 0 Å². The molecule has 6 heteroatoms. The lowest BCUT2D eigenvalue weighted by atomic mass is 10.0. The Morgan fingerprint density at radius 1 is 0.968 bits per heavy atom. The standard InChI is InChI=1S/C25H26N2O4/c1-2-27-21-11-7-6-10-19(21)20-14-18(12-13-22(20)27)24(29)23(28)15-26-25(30)31-16-17-8-4-3-5-9-17/h3-14,23-24,28-29H,2,15-16H2,1H3,(H,26,30). The van der Waals surface area contributed by atoms with E-state index in [1.807, 2.05) is 60.7 Å². The molecule has 1 heterocycles. The summed E-state index contributed by atoms with van der Waals surface area (Å²) in [5.74, 6) is 0. The van der Waals surface area contributed by atoms with Crippen molar-refractivity contribution < 1.29 is 19.7 Å². The van der Waals surface area contributed by atoms with Crippen LogP contribution in [0.1, 0.15) is 24.2 Å². The number of aromatic nitrogens is 1. The second kappa shape index (κ2) is 9.20. The summed E-state index contributed by atoms with van der Waals surface area (Å²) in [6.07, 6.45) is -2.94. The fourth-order valence-electron chi connectivity index (χ4n) is 3.89. The lowest BCUT2D eigenvalue weighted by molar-refractivity contribution is 0.0185. The fourth-order valence-corrected chi connectivity index (χ4v) is 3.89. The lowest BCUT2D eigenvalue weighted by Gasteiger charge is -2.19. The minimum atomic E-state index is -1.17. The van der Waals surface area contributed by atoms with Gasteiger partial charge in [0.1, 0.15) is 18.8 Å². The third-order valence-electron chi connectivity index (χ3n) is 5.49. The Morgan fingerprint density at radius 2 is 1.68 bits per heavy atom. The van der Waals surface area contributed by atoms with Crippen LogP contribution in [-0.2, 0) is 17.9 Å². The van der Waals surface area contributed by atoms with E-state index in [9.17, 15) is 15.0 Å². The Labute approximate surface area is 180 Å². The van der Waals surface area contributed by atoms with Crippen molar-refractivity contribution in [3.8, 4) is 0 Å². The Morgan fingerprint density at radius 3 is 2.45 bits per heavy atom. The van der Waals surface area contributed by atoms with Crippen LogP contribution >= 0.6 is 0 Å². The van der Waals surface area contributed by atoms with E-state index < -0.39 is 18.3 Å². The highest BCUT2D eigenvalue weighted by molar-refractivity contribution is 6.08. The maximum Gasteiger partial charge on any atom is 0.407 e. The van der Waals surface area contributed by atoms with Crippen molar-refractivity contribution in [1.29, 1.82) is 0 Å². The van der Waals surface area contributed by atoms with Gasteiger partial charge in [-0.25, -0.2) is 4.79 Å². The summed E-state index contributed by atoms with van der Waals surface area (Å²) < 4.78 is 7.36. The highest BCUT2D eigenvalue weighted by atomic mass is 16.5. The maximum atomic E-state index is 11.9. The lowest BCUT2D eigenvalue weighted by Crippen LogP contribution is -2.35. The molecule has 0 spiro atoms. The minimum Gasteiger partial charge on any atom is -0.445 e. The largest absolute Gasteiger partial charge is 0.445 e. The van der Waals surface area contributed by atoms with Gasteiger partial charge >= 0.3 is 6.09 Å². The molecule has 160 valence electrons. The smallest absolute Gasteiger partial charge is 0.407 e. The highest BCUT2D eigenvalue weighted by Gasteiger charge is 2.21. The first-order chi connectivity index (χ1) is 15.1. The Kier molecular flexibility index (Phi) is 6.21. The van der Waals surface area contributed by atoms with Gasteiger partial charge in [0, 0.05) is 34.9 Å². The minimum absolute atomic E-state index is 0.121.